The topological polar surface area (TPSA) is 76.3 Å². The Hall–Kier alpha value is -1.05. The maximum absolute atomic E-state index is 12.4. The lowest BCUT2D eigenvalue weighted by Gasteiger charge is -2.20. The SMILES string of the molecule is CN(CC1CCCC1)S(=O)(=O)c1ccc(C(N)=S)nc1. The summed E-state index contributed by atoms with van der Waals surface area (Å²) in [5.41, 5.74) is 5.88. The minimum atomic E-state index is -3.48. The summed E-state index contributed by atoms with van der Waals surface area (Å²) in [4.78, 5) is 4.33. The van der Waals surface area contributed by atoms with E-state index in [1.54, 1.807) is 13.1 Å². The van der Waals surface area contributed by atoms with Gasteiger partial charge in [-0.2, -0.15) is 0 Å². The van der Waals surface area contributed by atoms with Crippen molar-refractivity contribution in [1.82, 2.24) is 9.29 Å². The van der Waals surface area contributed by atoms with E-state index >= 15 is 0 Å². The van der Waals surface area contributed by atoms with Gasteiger partial charge in [0.1, 0.15) is 9.88 Å². The molecule has 110 valence electrons. The summed E-state index contributed by atoms with van der Waals surface area (Å²) in [7, 11) is -1.86. The fourth-order valence-electron chi connectivity index (χ4n) is 2.51. The van der Waals surface area contributed by atoms with Gasteiger partial charge < -0.3 is 5.73 Å². The maximum Gasteiger partial charge on any atom is 0.244 e. The molecule has 0 bridgehead atoms. The van der Waals surface area contributed by atoms with Crippen LogP contribution in [0.1, 0.15) is 31.4 Å². The Morgan fingerprint density at radius 2 is 2.10 bits per heavy atom. The molecule has 7 heteroatoms. The van der Waals surface area contributed by atoms with Crippen LogP contribution < -0.4 is 5.73 Å². The molecule has 1 aromatic rings. The lowest BCUT2D eigenvalue weighted by Crippen LogP contribution is -2.31. The average Bonchev–Trinajstić information content (AvgIpc) is 2.91. The highest BCUT2D eigenvalue weighted by atomic mass is 32.2. The van der Waals surface area contributed by atoms with Crippen molar-refractivity contribution >= 4 is 27.2 Å². The number of nitrogens with two attached hydrogens (primary N) is 1. The van der Waals surface area contributed by atoms with Crippen molar-refractivity contribution in [3.05, 3.63) is 24.0 Å². The largest absolute Gasteiger partial charge is 0.388 e. The standard InChI is InChI=1S/C13H19N3O2S2/c1-16(9-10-4-2-3-5-10)20(17,18)11-6-7-12(13(14)19)15-8-11/h6-8,10H,2-5,9H2,1H3,(H2,14,19). The lowest BCUT2D eigenvalue weighted by atomic mass is 10.1. The summed E-state index contributed by atoms with van der Waals surface area (Å²) in [5, 5.41) is 0. The van der Waals surface area contributed by atoms with Gasteiger partial charge in [-0.25, -0.2) is 12.7 Å². The molecule has 0 atom stereocenters. The number of nitrogens with zero attached hydrogens (tertiary/aromatic N) is 2. The first kappa shape index (κ1) is 15.3. The summed E-state index contributed by atoms with van der Waals surface area (Å²) in [6.07, 6.45) is 5.93. The van der Waals surface area contributed by atoms with Crippen LogP contribution in [0.25, 0.3) is 0 Å². The number of pyridine rings is 1. The van der Waals surface area contributed by atoms with Crippen LogP contribution in [0.5, 0.6) is 0 Å². The Morgan fingerprint density at radius 3 is 2.60 bits per heavy atom. The second-order valence-corrected chi connectivity index (χ2v) is 7.66. The molecule has 2 rings (SSSR count). The molecule has 0 aromatic carbocycles. The van der Waals surface area contributed by atoms with Gasteiger partial charge in [-0.15, -0.1) is 0 Å². The van der Waals surface area contributed by atoms with Crippen molar-refractivity contribution in [1.29, 1.82) is 0 Å². The maximum atomic E-state index is 12.4. The van der Waals surface area contributed by atoms with E-state index in [2.05, 4.69) is 4.98 Å². The summed E-state index contributed by atoms with van der Waals surface area (Å²) < 4.78 is 26.3. The first-order valence-corrected chi connectivity index (χ1v) is 8.48. The third kappa shape index (κ3) is 3.34. The third-order valence-electron chi connectivity index (χ3n) is 3.69. The zero-order valence-corrected chi connectivity index (χ0v) is 13.1. The second kappa shape index (κ2) is 6.15. The molecule has 0 amide bonds. The Labute approximate surface area is 125 Å². The van der Waals surface area contributed by atoms with Gasteiger partial charge in [0.15, 0.2) is 0 Å². The monoisotopic (exact) mass is 313 g/mol. The van der Waals surface area contributed by atoms with Crippen LogP contribution in [-0.2, 0) is 10.0 Å². The van der Waals surface area contributed by atoms with E-state index in [4.69, 9.17) is 18.0 Å². The number of hydrogen-bond donors (Lipinski definition) is 1. The van der Waals surface area contributed by atoms with E-state index in [1.165, 1.54) is 29.4 Å². The van der Waals surface area contributed by atoms with Crippen LogP contribution in [0.3, 0.4) is 0 Å². The van der Waals surface area contributed by atoms with Gasteiger partial charge in [-0.05, 0) is 30.9 Å². The molecular formula is C13H19N3O2S2. The Morgan fingerprint density at radius 1 is 1.45 bits per heavy atom. The lowest BCUT2D eigenvalue weighted by molar-refractivity contribution is 0.387. The first-order valence-electron chi connectivity index (χ1n) is 6.63. The predicted molar refractivity (Wildman–Crippen MR) is 81.9 cm³/mol. The number of sulfonamides is 1. The summed E-state index contributed by atoms with van der Waals surface area (Å²) in [6, 6.07) is 3.04. The van der Waals surface area contributed by atoms with Gasteiger partial charge in [-0.1, -0.05) is 25.1 Å². The smallest absolute Gasteiger partial charge is 0.244 e. The highest BCUT2D eigenvalue weighted by molar-refractivity contribution is 7.89. The quantitative estimate of drug-likeness (QED) is 0.834. The zero-order valence-electron chi connectivity index (χ0n) is 11.4. The summed E-state index contributed by atoms with van der Waals surface area (Å²) >= 11 is 4.80. The summed E-state index contributed by atoms with van der Waals surface area (Å²) in [6.45, 7) is 0.569. The van der Waals surface area contributed by atoms with Crippen LogP contribution in [0.15, 0.2) is 23.2 Å². The van der Waals surface area contributed by atoms with Gasteiger partial charge in [-0.3, -0.25) is 4.98 Å². The highest BCUT2D eigenvalue weighted by Crippen LogP contribution is 2.26. The van der Waals surface area contributed by atoms with E-state index in [0.717, 1.165) is 12.8 Å². The molecule has 1 heterocycles. The Kier molecular flexibility index (Phi) is 4.72. The van der Waals surface area contributed by atoms with Crippen LogP contribution in [0, 0.1) is 5.92 Å². The van der Waals surface area contributed by atoms with Crippen LogP contribution in [-0.4, -0.2) is 36.3 Å². The van der Waals surface area contributed by atoms with Gasteiger partial charge in [0, 0.05) is 19.8 Å². The molecule has 2 N–H and O–H groups in total. The molecule has 0 saturated heterocycles. The Balaban J connectivity index is 2.13. The molecule has 1 saturated carbocycles. The summed E-state index contributed by atoms with van der Waals surface area (Å²) in [5.74, 6) is 0.471. The molecule has 1 aromatic heterocycles. The molecule has 5 nitrogen and oxygen atoms in total. The molecule has 0 radical (unpaired) electrons. The highest BCUT2D eigenvalue weighted by Gasteiger charge is 2.25. The Bertz CT molecular complexity index is 578. The van der Waals surface area contributed by atoms with Crippen molar-refractivity contribution in [2.45, 2.75) is 30.6 Å². The van der Waals surface area contributed by atoms with Crippen molar-refractivity contribution in [3.8, 4) is 0 Å². The van der Waals surface area contributed by atoms with Crippen molar-refractivity contribution in [2.75, 3.05) is 13.6 Å². The number of hydrogen-bond acceptors (Lipinski definition) is 4. The molecule has 20 heavy (non-hydrogen) atoms. The number of rotatable bonds is 5. The number of aromatic nitrogens is 1. The van der Waals surface area contributed by atoms with Crippen LogP contribution in [0.2, 0.25) is 0 Å². The third-order valence-corrected chi connectivity index (χ3v) is 5.70. The van der Waals surface area contributed by atoms with Gasteiger partial charge in [0.2, 0.25) is 10.0 Å². The van der Waals surface area contributed by atoms with Crippen LogP contribution in [0.4, 0.5) is 0 Å². The average molecular weight is 313 g/mol. The molecule has 1 fully saturated rings. The van der Waals surface area contributed by atoms with E-state index in [9.17, 15) is 8.42 Å². The van der Waals surface area contributed by atoms with Gasteiger partial charge >= 0.3 is 0 Å². The van der Waals surface area contributed by atoms with E-state index in [1.807, 2.05) is 0 Å². The van der Waals surface area contributed by atoms with E-state index < -0.39 is 10.0 Å². The zero-order chi connectivity index (χ0) is 14.8. The van der Waals surface area contributed by atoms with E-state index in [-0.39, 0.29) is 9.88 Å². The fourth-order valence-corrected chi connectivity index (χ4v) is 3.83. The van der Waals surface area contributed by atoms with Crippen molar-refractivity contribution in [2.24, 2.45) is 11.7 Å². The molecule has 0 aliphatic heterocycles. The van der Waals surface area contributed by atoms with Crippen LogP contribution >= 0.6 is 12.2 Å². The van der Waals surface area contributed by atoms with E-state index in [0.29, 0.717) is 18.2 Å². The molecule has 0 spiro atoms. The molecule has 0 unspecified atom stereocenters. The first-order chi connectivity index (χ1) is 9.41. The molecule has 1 aliphatic rings. The minimum Gasteiger partial charge on any atom is -0.388 e. The minimum absolute atomic E-state index is 0.160. The molecular weight excluding hydrogens is 294 g/mol. The van der Waals surface area contributed by atoms with Crippen molar-refractivity contribution < 1.29 is 8.42 Å². The molecule has 1 aliphatic carbocycles. The van der Waals surface area contributed by atoms with Gasteiger partial charge in [0.25, 0.3) is 0 Å². The second-order valence-electron chi connectivity index (χ2n) is 5.18. The van der Waals surface area contributed by atoms with Crippen molar-refractivity contribution in [3.63, 3.8) is 0 Å². The fraction of sp³-hybridized carbons (Fsp3) is 0.538. The van der Waals surface area contributed by atoms with Gasteiger partial charge in [0.05, 0.1) is 5.69 Å². The predicted octanol–water partition coefficient (Wildman–Crippen LogP) is 1.53. The number of thiocarbonyl (C=S) groups is 1. The normalized spacial score (nSPS) is 16.7.